The lowest BCUT2D eigenvalue weighted by atomic mass is 10.2. The van der Waals surface area contributed by atoms with Gasteiger partial charge in [0.25, 0.3) is 0 Å². The Balaban J connectivity index is 2.73. The standard InChI is InChI=1S/C10H8N4/c1-8-2-4-9(5-3-8)13-14-10(6-11)7-12/h2-5,13H,1H3. The van der Waals surface area contributed by atoms with E-state index in [4.69, 9.17) is 10.5 Å². The number of hydrogen-bond donors (Lipinski definition) is 1. The molecular weight excluding hydrogens is 176 g/mol. The molecule has 0 saturated heterocycles. The van der Waals surface area contributed by atoms with E-state index in [1.165, 1.54) is 0 Å². The molecule has 0 aliphatic carbocycles. The number of benzene rings is 1. The molecule has 4 heteroatoms. The zero-order valence-corrected chi connectivity index (χ0v) is 7.65. The van der Waals surface area contributed by atoms with Gasteiger partial charge in [0.15, 0.2) is 0 Å². The van der Waals surface area contributed by atoms with E-state index in [1.54, 1.807) is 12.1 Å². The second kappa shape index (κ2) is 4.64. The number of hydrazone groups is 1. The number of nitriles is 2. The van der Waals surface area contributed by atoms with Crippen molar-refractivity contribution in [2.45, 2.75) is 6.92 Å². The second-order valence-corrected chi connectivity index (χ2v) is 2.66. The smallest absolute Gasteiger partial charge is 0.237 e. The van der Waals surface area contributed by atoms with Crippen molar-refractivity contribution < 1.29 is 0 Å². The molecule has 1 aromatic rings. The van der Waals surface area contributed by atoms with Crippen molar-refractivity contribution in [2.24, 2.45) is 5.10 Å². The van der Waals surface area contributed by atoms with Crippen molar-refractivity contribution in [1.29, 1.82) is 10.5 Å². The summed E-state index contributed by atoms with van der Waals surface area (Å²) in [6.45, 7) is 1.98. The van der Waals surface area contributed by atoms with Crippen LogP contribution in [-0.2, 0) is 0 Å². The van der Waals surface area contributed by atoms with Crippen molar-refractivity contribution >= 4 is 11.4 Å². The maximum absolute atomic E-state index is 8.40. The average Bonchev–Trinajstić information content (AvgIpc) is 2.22. The predicted molar refractivity (Wildman–Crippen MR) is 53.5 cm³/mol. The van der Waals surface area contributed by atoms with Crippen LogP contribution >= 0.6 is 0 Å². The van der Waals surface area contributed by atoms with Crippen LogP contribution < -0.4 is 5.43 Å². The number of rotatable bonds is 2. The third kappa shape index (κ3) is 2.62. The molecule has 0 saturated carbocycles. The van der Waals surface area contributed by atoms with Crippen LogP contribution in [0.3, 0.4) is 0 Å². The quantitative estimate of drug-likeness (QED) is 0.562. The van der Waals surface area contributed by atoms with Gasteiger partial charge in [-0.3, -0.25) is 5.43 Å². The Hall–Kier alpha value is -2.33. The fourth-order valence-electron chi connectivity index (χ4n) is 0.824. The van der Waals surface area contributed by atoms with Gasteiger partial charge in [0, 0.05) is 0 Å². The summed E-state index contributed by atoms with van der Waals surface area (Å²) < 4.78 is 0. The highest BCUT2D eigenvalue weighted by Crippen LogP contribution is 2.07. The number of nitrogens with zero attached hydrogens (tertiary/aromatic N) is 3. The molecule has 0 spiro atoms. The van der Waals surface area contributed by atoms with Crippen LogP contribution in [0.25, 0.3) is 0 Å². The fourth-order valence-corrected chi connectivity index (χ4v) is 0.824. The molecule has 1 rings (SSSR count). The minimum Gasteiger partial charge on any atom is -0.277 e. The molecule has 0 radical (unpaired) electrons. The summed E-state index contributed by atoms with van der Waals surface area (Å²) in [7, 11) is 0. The molecule has 14 heavy (non-hydrogen) atoms. The van der Waals surface area contributed by atoms with Crippen LogP contribution in [0.2, 0.25) is 0 Å². The molecule has 0 fully saturated rings. The Morgan fingerprint density at radius 3 is 2.29 bits per heavy atom. The summed E-state index contributed by atoms with van der Waals surface area (Å²) >= 11 is 0. The van der Waals surface area contributed by atoms with Gasteiger partial charge in [-0.2, -0.15) is 15.6 Å². The predicted octanol–water partition coefficient (Wildman–Crippen LogP) is 1.81. The van der Waals surface area contributed by atoms with Gasteiger partial charge in [-0.15, -0.1) is 0 Å². The van der Waals surface area contributed by atoms with Gasteiger partial charge in [-0.25, -0.2) is 0 Å². The van der Waals surface area contributed by atoms with Crippen LogP contribution in [0.15, 0.2) is 29.4 Å². The Labute approximate surface area is 82.1 Å². The number of aryl methyl sites for hydroxylation is 1. The number of anilines is 1. The van der Waals surface area contributed by atoms with Gasteiger partial charge < -0.3 is 0 Å². The SMILES string of the molecule is Cc1ccc(NN=C(C#N)C#N)cc1. The Kier molecular flexibility index (Phi) is 3.23. The van der Waals surface area contributed by atoms with Crippen molar-refractivity contribution in [3.63, 3.8) is 0 Å². The van der Waals surface area contributed by atoms with E-state index in [9.17, 15) is 0 Å². The maximum Gasteiger partial charge on any atom is 0.237 e. The molecule has 0 amide bonds. The average molecular weight is 184 g/mol. The molecule has 0 unspecified atom stereocenters. The normalized spacial score (nSPS) is 8.21. The first-order valence-electron chi connectivity index (χ1n) is 3.97. The first-order valence-corrected chi connectivity index (χ1v) is 3.97. The third-order valence-corrected chi connectivity index (χ3v) is 1.56. The summed E-state index contributed by atoms with van der Waals surface area (Å²) in [5.41, 5.74) is 4.32. The Morgan fingerprint density at radius 1 is 1.21 bits per heavy atom. The fraction of sp³-hybridized carbons (Fsp3) is 0.100. The van der Waals surface area contributed by atoms with Crippen molar-refractivity contribution in [1.82, 2.24) is 0 Å². The molecule has 68 valence electrons. The summed E-state index contributed by atoms with van der Waals surface area (Å²) in [4.78, 5) is 0. The number of hydrogen-bond acceptors (Lipinski definition) is 4. The van der Waals surface area contributed by atoms with Gasteiger partial charge >= 0.3 is 0 Å². The Bertz CT molecular complexity index is 401. The first-order chi connectivity index (χ1) is 6.76. The van der Waals surface area contributed by atoms with Crippen LogP contribution in [0, 0.1) is 29.6 Å². The molecule has 1 aromatic carbocycles. The van der Waals surface area contributed by atoms with E-state index in [0.29, 0.717) is 0 Å². The summed E-state index contributed by atoms with van der Waals surface area (Å²) in [5.74, 6) is 0. The third-order valence-electron chi connectivity index (χ3n) is 1.56. The topological polar surface area (TPSA) is 72.0 Å². The lowest BCUT2D eigenvalue weighted by Gasteiger charge is -1.99. The highest BCUT2D eigenvalue weighted by molar-refractivity contribution is 6.10. The Morgan fingerprint density at radius 2 is 1.79 bits per heavy atom. The molecular formula is C10H8N4. The number of nitrogens with one attached hydrogen (secondary N) is 1. The zero-order chi connectivity index (χ0) is 10.4. The molecule has 0 aliphatic rings. The molecule has 0 aliphatic heterocycles. The van der Waals surface area contributed by atoms with Gasteiger partial charge in [0.2, 0.25) is 5.71 Å². The van der Waals surface area contributed by atoms with Gasteiger partial charge in [-0.1, -0.05) is 17.7 Å². The monoisotopic (exact) mass is 184 g/mol. The summed E-state index contributed by atoms with van der Waals surface area (Å²) in [6, 6.07) is 10.8. The van der Waals surface area contributed by atoms with Gasteiger partial charge in [0.1, 0.15) is 12.1 Å². The van der Waals surface area contributed by atoms with Gasteiger partial charge in [0.05, 0.1) is 5.69 Å². The van der Waals surface area contributed by atoms with Crippen LogP contribution in [0.1, 0.15) is 5.56 Å². The van der Waals surface area contributed by atoms with E-state index < -0.39 is 0 Å². The maximum atomic E-state index is 8.40. The molecule has 0 heterocycles. The van der Waals surface area contributed by atoms with Crippen molar-refractivity contribution in [3.05, 3.63) is 29.8 Å². The molecule has 0 atom stereocenters. The zero-order valence-electron chi connectivity index (χ0n) is 7.65. The van der Waals surface area contributed by atoms with E-state index in [2.05, 4.69) is 10.5 Å². The molecule has 1 N–H and O–H groups in total. The second-order valence-electron chi connectivity index (χ2n) is 2.66. The van der Waals surface area contributed by atoms with Crippen molar-refractivity contribution in [2.75, 3.05) is 5.43 Å². The lowest BCUT2D eigenvalue weighted by Crippen LogP contribution is -1.95. The van der Waals surface area contributed by atoms with Crippen LogP contribution in [-0.4, -0.2) is 5.71 Å². The van der Waals surface area contributed by atoms with Gasteiger partial charge in [-0.05, 0) is 19.1 Å². The summed E-state index contributed by atoms with van der Waals surface area (Å²) in [6.07, 6.45) is 0. The van der Waals surface area contributed by atoms with Crippen LogP contribution in [0.5, 0.6) is 0 Å². The highest BCUT2D eigenvalue weighted by Gasteiger charge is 1.93. The minimum atomic E-state index is -0.189. The molecule has 4 nitrogen and oxygen atoms in total. The molecule has 0 bridgehead atoms. The summed E-state index contributed by atoms with van der Waals surface area (Å²) in [5, 5.41) is 20.4. The minimum absolute atomic E-state index is 0.189. The lowest BCUT2D eigenvalue weighted by molar-refractivity contribution is 1.33. The van der Waals surface area contributed by atoms with Crippen molar-refractivity contribution in [3.8, 4) is 12.1 Å². The van der Waals surface area contributed by atoms with E-state index in [-0.39, 0.29) is 5.71 Å². The largest absolute Gasteiger partial charge is 0.277 e. The van der Waals surface area contributed by atoms with E-state index in [1.807, 2.05) is 31.2 Å². The van der Waals surface area contributed by atoms with E-state index >= 15 is 0 Å². The molecule has 0 aromatic heterocycles. The van der Waals surface area contributed by atoms with Crippen LogP contribution in [0.4, 0.5) is 5.69 Å². The first kappa shape index (κ1) is 9.76. The van der Waals surface area contributed by atoms with E-state index in [0.717, 1.165) is 11.3 Å². The highest BCUT2D eigenvalue weighted by atomic mass is 15.3.